The highest BCUT2D eigenvalue weighted by atomic mass is 16.1. The second-order valence-corrected chi connectivity index (χ2v) is 5.56. The van der Waals surface area contributed by atoms with E-state index in [1.807, 2.05) is 54.7 Å². The van der Waals surface area contributed by atoms with Gasteiger partial charge in [-0.05, 0) is 23.8 Å². The molecule has 1 aliphatic carbocycles. The van der Waals surface area contributed by atoms with Crippen molar-refractivity contribution in [3.63, 3.8) is 0 Å². The third kappa shape index (κ3) is 1.90. The van der Waals surface area contributed by atoms with Gasteiger partial charge in [-0.3, -0.25) is 4.79 Å². The highest BCUT2D eigenvalue weighted by Gasteiger charge is 2.24. The normalized spacial score (nSPS) is 15.7. The van der Waals surface area contributed by atoms with E-state index in [-0.39, 0.29) is 5.78 Å². The number of imidazole rings is 1. The van der Waals surface area contributed by atoms with Crippen LogP contribution in [0.2, 0.25) is 0 Å². The Morgan fingerprint density at radius 3 is 2.82 bits per heavy atom. The first-order valence-corrected chi connectivity index (χ1v) is 7.57. The number of aromatic nitrogens is 2. The van der Waals surface area contributed by atoms with Crippen LogP contribution in [0.25, 0.3) is 11.6 Å². The molecule has 0 fully saturated rings. The van der Waals surface area contributed by atoms with E-state index < -0.39 is 0 Å². The molecule has 0 N–H and O–H groups in total. The summed E-state index contributed by atoms with van der Waals surface area (Å²) in [7, 11) is 0. The maximum absolute atomic E-state index is 12.5. The highest BCUT2D eigenvalue weighted by molar-refractivity contribution is 6.15. The highest BCUT2D eigenvalue weighted by Crippen LogP contribution is 2.28. The van der Waals surface area contributed by atoms with Crippen molar-refractivity contribution in [1.82, 2.24) is 9.38 Å². The summed E-state index contributed by atoms with van der Waals surface area (Å²) >= 11 is 0. The summed E-state index contributed by atoms with van der Waals surface area (Å²) in [6.07, 6.45) is 5.54. The molecule has 0 amide bonds. The fraction of sp³-hybridized carbons (Fsp3) is 0.158. The molecule has 3 heteroatoms. The van der Waals surface area contributed by atoms with Crippen molar-refractivity contribution in [2.75, 3.05) is 0 Å². The third-order valence-electron chi connectivity index (χ3n) is 4.21. The Balaban J connectivity index is 1.84. The predicted octanol–water partition coefficient (Wildman–Crippen LogP) is 3.72. The lowest BCUT2D eigenvalue weighted by Gasteiger charge is -1.96. The molecule has 2 heterocycles. The molecule has 0 atom stereocenters. The van der Waals surface area contributed by atoms with E-state index >= 15 is 0 Å². The van der Waals surface area contributed by atoms with Crippen molar-refractivity contribution in [3.8, 4) is 0 Å². The number of nitrogens with zero attached hydrogens (tertiary/aromatic N) is 2. The van der Waals surface area contributed by atoms with Crippen molar-refractivity contribution < 1.29 is 4.79 Å². The molecule has 1 aliphatic rings. The second kappa shape index (κ2) is 4.95. The average Bonchev–Trinajstić information content (AvgIpc) is 3.07. The summed E-state index contributed by atoms with van der Waals surface area (Å²) < 4.78 is 2.10. The molecule has 3 aromatic rings. The van der Waals surface area contributed by atoms with E-state index in [0.29, 0.717) is 6.42 Å². The van der Waals surface area contributed by atoms with Gasteiger partial charge in [-0.15, -0.1) is 0 Å². The second-order valence-electron chi connectivity index (χ2n) is 5.56. The summed E-state index contributed by atoms with van der Waals surface area (Å²) in [5, 5.41) is 0. The third-order valence-corrected chi connectivity index (χ3v) is 4.21. The molecule has 1 aromatic carbocycles. The number of ketones is 1. The first-order valence-electron chi connectivity index (χ1n) is 7.57. The number of Topliss-reactive ketones (excluding diaryl/α,β-unsaturated/α-hetero) is 1. The Bertz CT molecular complexity index is 918. The van der Waals surface area contributed by atoms with Gasteiger partial charge in [0.1, 0.15) is 5.82 Å². The van der Waals surface area contributed by atoms with E-state index in [2.05, 4.69) is 11.3 Å². The SMILES string of the molecule is CCc1nc(/C=C2\Cc3ccccc3C2=O)c2ccccn12. The molecule has 3 nitrogen and oxygen atoms in total. The number of benzene rings is 1. The van der Waals surface area contributed by atoms with E-state index in [4.69, 9.17) is 4.98 Å². The van der Waals surface area contributed by atoms with E-state index in [0.717, 1.165) is 40.2 Å². The number of fused-ring (bicyclic) bond motifs is 2. The van der Waals surface area contributed by atoms with Gasteiger partial charge in [0.2, 0.25) is 0 Å². The summed E-state index contributed by atoms with van der Waals surface area (Å²) in [4.78, 5) is 17.2. The van der Waals surface area contributed by atoms with Crippen LogP contribution in [0.4, 0.5) is 0 Å². The first-order chi connectivity index (χ1) is 10.8. The maximum atomic E-state index is 12.5. The molecule has 0 saturated carbocycles. The lowest BCUT2D eigenvalue weighted by Crippen LogP contribution is -1.95. The molecular weight excluding hydrogens is 272 g/mol. The fourth-order valence-corrected chi connectivity index (χ4v) is 3.12. The molecule has 0 aliphatic heterocycles. The molecule has 0 radical (unpaired) electrons. The van der Waals surface area contributed by atoms with Gasteiger partial charge in [0.15, 0.2) is 5.78 Å². The number of hydrogen-bond acceptors (Lipinski definition) is 2. The Kier molecular flexibility index (Phi) is 2.93. The van der Waals surface area contributed by atoms with Gasteiger partial charge in [0, 0.05) is 30.2 Å². The monoisotopic (exact) mass is 288 g/mol. The van der Waals surface area contributed by atoms with Gasteiger partial charge < -0.3 is 4.40 Å². The van der Waals surface area contributed by atoms with Gasteiger partial charge in [-0.25, -0.2) is 4.98 Å². The Labute approximate surface area is 128 Å². The number of allylic oxidation sites excluding steroid dienone is 1. The summed E-state index contributed by atoms with van der Waals surface area (Å²) in [6.45, 7) is 2.09. The minimum atomic E-state index is 0.130. The minimum absolute atomic E-state index is 0.130. The summed E-state index contributed by atoms with van der Waals surface area (Å²) in [6, 6.07) is 13.9. The van der Waals surface area contributed by atoms with Crippen molar-refractivity contribution in [3.05, 3.63) is 76.9 Å². The van der Waals surface area contributed by atoms with Crippen molar-refractivity contribution in [2.24, 2.45) is 0 Å². The Morgan fingerprint density at radius 2 is 2.00 bits per heavy atom. The lowest BCUT2D eigenvalue weighted by molar-refractivity contribution is 0.104. The van der Waals surface area contributed by atoms with Gasteiger partial charge >= 0.3 is 0 Å². The average molecular weight is 288 g/mol. The Morgan fingerprint density at radius 1 is 1.18 bits per heavy atom. The number of aryl methyl sites for hydroxylation is 1. The van der Waals surface area contributed by atoms with E-state index in [9.17, 15) is 4.79 Å². The van der Waals surface area contributed by atoms with Crippen LogP contribution in [0.3, 0.4) is 0 Å². The van der Waals surface area contributed by atoms with Crippen LogP contribution < -0.4 is 0 Å². The molecule has 0 spiro atoms. The molecule has 0 bridgehead atoms. The molecule has 0 unspecified atom stereocenters. The van der Waals surface area contributed by atoms with E-state index in [1.54, 1.807) is 0 Å². The fourth-order valence-electron chi connectivity index (χ4n) is 3.12. The summed E-state index contributed by atoms with van der Waals surface area (Å²) in [5.74, 6) is 1.15. The number of hydrogen-bond donors (Lipinski definition) is 0. The van der Waals surface area contributed by atoms with Gasteiger partial charge in [-0.1, -0.05) is 37.3 Å². The minimum Gasteiger partial charge on any atom is -0.303 e. The van der Waals surface area contributed by atoms with Gasteiger partial charge in [-0.2, -0.15) is 0 Å². The van der Waals surface area contributed by atoms with Crippen LogP contribution in [0.1, 0.15) is 34.4 Å². The molecule has 2 aromatic heterocycles. The van der Waals surface area contributed by atoms with Crippen LogP contribution in [0.15, 0.2) is 54.2 Å². The van der Waals surface area contributed by atoms with Crippen molar-refractivity contribution >= 4 is 17.4 Å². The zero-order valence-electron chi connectivity index (χ0n) is 12.4. The standard InChI is InChI=1S/C19H16N2O/c1-2-18-20-16(17-9-5-6-10-21(17)18)12-14-11-13-7-3-4-8-15(13)19(14)22/h3-10,12H,2,11H2,1H3/b14-12+. The summed E-state index contributed by atoms with van der Waals surface area (Å²) in [5.41, 5.74) is 4.70. The zero-order valence-corrected chi connectivity index (χ0v) is 12.4. The van der Waals surface area contributed by atoms with Gasteiger partial charge in [0.25, 0.3) is 0 Å². The van der Waals surface area contributed by atoms with Crippen LogP contribution in [0, 0.1) is 0 Å². The van der Waals surface area contributed by atoms with Crippen LogP contribution in [-0.4, -0.2) is 15.2 Å². The molecule has 22 heavy (non-hydrogen) atoms. The van der Waals surface area contributed by atoms with Crippen LogP contribution in [-0.2, 0) is 12.8 Å². The topological polar surface area (TPSA) is 34.4 Å². The van der Waals surface area contributed by atoms with Gasteiger partial charge in [0.05, 0.1) is 11.2 Å². The predicted molar refractivity (Wildman–Crippen MR) is 87.0 cm³/mol. The largest absolute Gasteiger partial charge is 0.303 e. The maximum Gasteiger partial charge on any atom is 0.189 e. The van der Waals surface area contributed by atoms with Crippen LogP contribution in [0.5, 0.6) is 0 Å². The molecule has 4 rings (SSSR count). The number of rotatable bonds is 2. The molecule has 108 valence electrons. The number of carbonyl (C=O) groups is 1. The zero-order chi connectivity index (χ0) is 15.1. The van der Waals surface area contributed by atoms with Crippen molar-refractivity contribution in [2.45, 2.75) is 19.8 Å². The first kappa shape index (κ1) is 13.0. The smallest absolute Gasteiger partial charge is 0.189 e. The number of carbonyl (C=O) groups excluding carboxylic acids is 1. The Hall–Kier alpha value is -2.68. The lowest BCUT2D eigenvalue weighted by atomic mass is 10.1. The molecule has 0 saturated heterocycles. The van der Waals surface area contributed by atoms with Crippen LogP contribution >= 0.6 is 0 Å². The molecular formula is C19H16N2O. The number of pyridine rings is 1. The quantitative estimate of drug-likeness (QED) is 0.674. The van der Waals surface area contributed by atoms with E-state index in [1.165, 1.54) is 0 Å². The van der Waals surface area contributed by atoms with Crippen molar-refractivity contribution in [1.29, 1.82) is 0 Å².